The lowest BCUT2D eigenvalue weighted by molar-refractivity contribution is -0.208. The van der Waals surface area contributed by atoms with Crippen LogP contribution in [0.15, 0.2) is 24.3 Å². The first kappa shape index (κ1) is 21.5. The van der Waals surface area contributed by atoms with Crippen LogP contribution in [-0.4, -0.2) is 63.9 Å². The highest BCUT2D eigenvalue weighted by molar-refractivity contribution is 7.88. The first-order valence-electron chi connectivity index (χ1n) is 8.45. The normalized spacial score (nSPS) is 21.1. The number of sulfonamides is 1. The van der Waals surface area contributed by atoms with Crippen LogP contribution in [0.3, 0.4) is 0 Å². The number of benzene rings is 1. The Morgan fingerprint density at radius 3 is 2.63 bits per heavy atom. The topological polar surface area (TPSA) is 84.9 Å². The molecule has 27 heavy (non-hydrogen) atoms. The van der Waals surface area contributed by atoms with Crippen LogP contribution in [0.1, 0.15) is 18.4 Å². The van der Waals surface area contributed by atoms with Gasteiger partial charge in [-0.3, -0.25) is 4.79 Å². The summed E-state index contributed by atoms with van der Waals surface area (Å²) in [6, 6.07) is 4.57. The quantitative estimate of drug-likeness (QED) is 0.742. The second-order valence-corrected chi connectivity index (χ2v) is 8.32. The first-order valence-corrected chi connectivity index (χ1v) is 10.3. The second-order valence-electron chi connectivity index (χ2n) is 6.54. The molecule has 2 rings (SSSR count). The van der Waals surface area contributed by atoms with E-state index in [0.717, 1.165) is 11.2 Å². The minimum absolute atomic E-state index is 0.0571. The third kappa shape index (κ3) is 5.60. The van der Waals surface area contributed by atoms with Crippen molar-refractivity contribution in [1.82, 2.24) is 9.62 Å². The molecular formula is C17H24F2N2O5S. The summed E-state index contributed by atoms with van der Waals surface area (Å²) < 4.78 is 64.4. The zero-order valence-corrected chi connectivity index (χ0v) is 16.3. The molecule has 2 atom stereocenters. The molecule has 1 N–H and O–H groups in total. The molecule has 1 fully saturated rings. The van der Waals surface area contributed by atoms with Crippen LogP contribution in [0.4, 0.5) is 8.78 Å². The number of ether oxygens (including phenoxy) is 2. The second kappa shape index (κ2) is 8.49. The maximum atomic E-state index is 14.6. The molecule has 0 aromatic heterocycles. The van der Waals surface area contributed by atoms with Crippen LogP contribution < -0.4 is 9.46 Å². The van der Waals surface area contributed by atoms with Crippen LogP contribution in [0, 0.1) is 6.92 Å². The number of piperidine rings is 1. The van der Waals surface area contributed by atoms with Crippen LogP contribution in [0.5, 0.6) is 5.75 Å². The molecule has 152 valence electrons. The number of nitrogens with one attached hydrogen (secondary N) is 1. The number of carbonyl (C=O) groups is 1. The highest BCUT2D eigenvalue weighted by Gasteiger charge is 2.49. The van der Waals surface area contributed by atoms with Crippen molar-refractivity contribution in [2.45, 2.75) is 38.0 Å². The number of halogens is 2. The van der Waals surface area contributed by atoms with Gasteiger partial charge in [-0.25, -0.2) is 13.1 Å². The van der Waals surface area contributed by atoms with Gasteiger partial charge in [-0.1, -0.05) is 18.2 Å². The largest absolute Gasteiger partial charge is 0.482 e. The molecule has 1 aliphatic heterocycles. The molecule has 1 amide bonds. The summed E-state index contributed by atoms with van der Waals surface area (Å²) in [5, 5.41) is 0. The van der Waals surface area contributed by atoms with Crippen molar-refractivity contribution in [3.8, 4) is 5.75 Å². The summed E-state index contributed by atoms with van der Waals surface area (Å²) in [7, 11) is -2.22. The fraction of sp³-hybridized carbons (Fsp3) is 0.588. The number of para-hydroxylation sites is 1. The summed E-state index contributed by atoms with van der Waals surface area (Å²) >= 11 is 0. The first-order chi connectivity index (χ1) is 12.5. The molecule has 0 spiro atoms. The fourth-order valence-corrected chi connectivity index (χ4v) is 3.94. The number of hydrogen-bond donors (Lipinski definition) is 1. The molecule has 0 radical (unpaired) electrons. The molecule has 1 heterocycles. The Kier molecular flexibility index (Phi) is 6.77. The average molecular weight is 406 g/mol. The molecular weight excluding hydrogens is 382 g/mol. The van der Waals surface area contributed by atoms with Crippen molar-refractivity contribution < 1.29 is 31.5 Å². The fourth-order valence-electron chi connectivity index (χ4n) is 3.12. The van der Waals surface area contributed by atoms with Gasteiger partial charge in [0.15, 0.2) is 0 Å². The molecule has 1 saturated heterocycles. The van der Waals surface area contributed by atoms with Crippen molar-refractivity contribution in [3.63, 3.8) is 0 Å². The maximum Gasteiger partial charge on any atom is 0.482 e. The molecule has 7 nitrogen and oxygen atoms in total. The van der Waals surface area contributed by atoms with E-state index in [0.29, 0.717) is 18.4 Å². The van der Waals surface area contributed by atoms with Gasteiger partial charge in [0.05, 0.1) is 18.9 Å². The van der Waals surface area contributed by atoms with Gasteiger partial charge in [0.25, 0.3) is 0 Å². The monoisotopic (exact) mass is 406 g/mol. The minimum atomic E-state index is -4.09. The zero-order chi connectivity index (χ0) is 20.2. The number of carbonyl (C=O) groups excluding carboxylic acids is 1. The van der Waals surface area contributed by atoms with Gasteiger partial charge in [-0.15, -0.1) is 0 Å². The Labute approximate surface area is 157 Å². The van der Waals surface area contributed by atoms with Crippen LogP contribution in [0.2, 0.25) is 0 Å². The van der Waals surface area contributed by atoms with Gasteiger partial charge in [0, 0.05) is 19.7 Å². The SMILES string of the molecule is COCC1C(NS(C)(=O)=O)CCCN1C(=O)C(F)(F)Oc1ccccc1C. The van der Waals surface area contributed by atoms with Crippen LogP contribution in [0.25, 0.3) is 0 Å². The van der Waals surface area contributed by atoms with Crippen molar-refractivity contribution in [1.29, 1.82) is 0 Å². The Morgan fingerprint density at radius 1 is 1.37 bits per heavy atom. The number of methoxy groups -OCH3 is 1. The van der Waals surface area contributed by atoms with E-state index in [2.05, 4.69) is 4.72 Å². The van der Waals surface area contributed by atoms with E-state index < -0.39 is 34.1 Å². The highest BCUT2D eigenvalue weighted by atomic mass is 32.2. The molecule has 1 aromatic carbocycles. The van der Waals surface area contributed by atoms with E-state index in [1.165, 1.54) is 19.2 Å². The lowest BCUT2D eigenvalue weighted by Crippen LogP contribution is -2.62. The Hall–Kier alpha value is -1.78. The zero-order valence-electron chi connectivity index (χ0n) is 15.4. The highest BCUT2D eigenvalue weighted by Crippen LogP contribution is 2.29. The molecule has 1 aliphatic rings. The van der Waals surface area contributed by atoms with Gasteiger partial charge < -0.3 is 14.4 Å². The van der Waals surface area contributed by atoms with Crippen molar-refractivity contribution >= 4 is 15.9 Å². The number of alkyl halides is 2. The minimum Gasteiger partial charge on any atom is -0.425 e. The maximum absolute atomic E-state index is 14.6. The molecule has 1 aromatic rings. The summed E-state index contributed by atoms with van der Waals surface area (Å²) in [4.78, 5) is 13.5. The van der Waals surface area contributed by atoms with E-state index in [-0.39, 0.29) is 18.9 Å². The number of hydrogen-bond acceptors (Lipinski definition) is 5. The van der Waals surface area contributed by atoms with Crippen LogP contribution in [-0.2, 0) is 19.6 Å². The Morgan fingerprint density at radius 2 is 2.04 bits per heavy atom. The molecule has 10 heteroatoms. The third-order valence-electron chi connectivity index (χ3n) is 4.32. The third-order valence-corrected chi connectivity index (χ3v) is 5.05. The standard InChI is InChI=1S/C17H24F2N2O5S/c1-12-7-4-5-9-15(12)26-17(18,19)16(22)21-10-6-8-13(14(21)11-25-2)20-27(3,23)24/h4-5,7,9,13-14,20H,6,8,10-11H2,1-3H3. The summed E-state index contributed by atoms with van der Waals surface area (Å²) in [6.07, 6.45) is -2.33. The van der Waals surface area contributed by atoms with E-state index in [1.54, 1.807) is 19.1 Å². The molecule has 0 aliphatic carbocycles. The van der Waals surface area contributed by atoms with E-state index in [1.807, 2.05) is 0 Å². The van der Waals surface area contributed by atoms with E-state index in [4.69, 9.17) is 9.47 Å². The number of rotatable bonds is 7. The van der Waals surface area contributed by atoms with Gasteiger partial charge in [-0.2, -0.15) is 8.78 Å². The van der Waals surface area contributed by atoms with E-state index >= 15 is 0 Å². The number of nitrogens with zero attached hydrogens (tertiary/aromatic N) is 1. The number of likely N-dealkylation sites (tertiary alicyclic amines) is 1. The Bertz CT molecular complexity index is 772. The van der Waals surface area contributed by atoms with Crippen molar-refractivity contribution in [3.05, 3.63) is 29.8 Å². The summed E-state index contributed by atoms with van der Waals surface area (Å²) in [5.41, 5.74) is 0.466. The van der Waals surface area contributed by atoms with Crippen molar-refractivity contribution in [2.75, 3.05) is 26.5 Å². The van der Waals surface area contributed by atoms with E-state index in [9.17, 15) is 22.0 Å². The Balaban J connectivity index is 2.24. The van der Waals surface area contributed by atoms with Crippen molar-refractivity contribution in [2.24, 2.45) is 0 Å². The van der Waals surface area contributed by atoms with Gasteiger partial charge in [-0.05, 0) is 31.4 Å². The van der Waals surface area contributed by atoms with Crippen LogP contribution >= 0.6 is 0 Å². The lowest BCUT2D eigenvalue weighted by atomic mass is 9.97. The smallest absolute Gasteiger partial charge is 0.425 e. The van der Waals surface area contributed by atoms with Gasteiger partial charge in [0.1, 0.15) is 5.75 Å². The summed E-state index contributed by atoms with van der Waals surface area (Å²) in [5.74, 6) is -1.62. The molecule has 0 bridgehead atoms. The lowest BCUT2D eigenvalue weighted by Gasteiger charge is -2.41. The average Bonchev–Trinajstić information content (AvgIpc) is 2.56. The van der Waals surface area contributed by atoms with Gasteiger partial charge in [0.2, 0.25) is 10.0 Å². The summed E-state index contributed by atoms with van der Waals surface area (Å²) in [6.45, 7) is 1.57. The molecule has 0 saturated carbocycles. The predicted molar refractivity (Wildman–Crippen MR) is 95.1 cm³/mol. The van der Waals surface area contributed by atoms with Gasteiger partial charge >= 0.3 is 12.0 Å². The predicted octanol–water partition coefficient (Wildman–Crippen LogP) is 1.52. The number of aryl methyl sites for hydroxylation is 1. The number of amides is 1. The molecule has 2 unspecified atom stereocenters.